The summed E-state index contributed by atoms with van der Waals surface area (Å²) >= 11 is 0. The summed E-state index contributed by atoms with van der Waals surface area (Å²) in [7, 11) is 0. The molecular formula is C13H17N3O4. The van der Waals surface area contributed by atoms with Gasteiger partial charge in [0, 0.05) is 13.0 Å². The molecule has 0 aromatic heterocycles. The van der Waals surface area contributed by atoms with E-state index in [1.54, 1.807) is 0 Å². The van der Waals surface area contributed by atoms with Crippen molar-refractivity contribution in [3.63, 3.8) is 0 Å². The summed E-state index contributed by atoms with van der Waals surface area (Å²) in [5, 5.41) is 4.88. The van der Waals surface area contributed by atoms with E-state index in [4.69, 9.17) is 15.2 Å². The maximum Gasteiger partial charge on any atom is 0.312 e. The number of amides is 3. The van der Waals surface area contributed by atoms with Crippen LogP contribution in [0.25, 0.3) is 0 Å². The molecule has 1 aromatic carbocycles. The highest BCUT2D eigenvalue weighted by Gasteiger charge is 2.20. The molecule has 108 valence electrons. The van der Waals surface area contributed by atoms with Gasteiger partial charge in [0.05, 0.1) is 6.54 Å². The third-order valence-corrected chi connectivity index (χ3v) is 2.78. The fraction of sp³-hybridized carbons (Fsp3) is 0.385. The number of urea groups is 1. The first-order valence-electron chi connectivity index (χ1n) is 6.33. The monoisotopic (exact) mass is 279 g/mol. The van der Waals surface area contributed by atoms with Crippen LogP contribution in [-0.4, -0.2) is 37.7 Å². The number of nitrogens with one attached hydrogen (secondary N) is 2. The van der Waals surface area contributed by atoms with E-state index in [-0.39, 0.29) is 18.6 Å². The van der Waals surface area contributed by atoms with Crippen LogP contribution in [0.5, 0.6) is 11.5 Å². The molecule has 1 heterocycles. The molecule has 2 rings (SSSR count). The first-order valence-corrected chi connectivity index (χ1v) is 6.33. The Labute approximate surface area is 116 Å². The van der Waals surface area contributed by atoms with Crippen LogP contribution in [0, 0.1) is 0 Å². The van der Waals surface area contributed by atoms with Gasteiger partial charge in [-0.15, -0.1) is 0 Å². The molecule has 7 nitrogen and oxygen atoms in total. The van der Waals surface area contributed by atoms with Crippen LogP contribution in [0.2, 0.25) is 0 Å². The summed E-state index contributed by atoms with van der Waals surface area (Å²) in [5.41, 5.74) is 4.86. The van der Waals surface area contributed by atoms with E-state index in [9.17, 15) is 9.59 Å². The average Bonchev–Trinajstić information content (AvgIpc) is 2.45. The van der Waals surface area contributed by atoms with Gasteiger partial charge in [0.2, 0.25) is 5.91 Å². The summed E-state index contributed by atoms with van der Waals surface area (Å²) in [5.74, 6) is 1.16. The number of carbonyl (C=O) groups is 2. The molecule has 1 aromatic rings. The van der Waals surface area contributed by atoms with Crippen LogP contribution in [0.3, 0.4) is 0 Å². The Kier molecular flexibility index (Phi) is 4.65. The smallest absolute Gasteiger partial charge is 0.312 e. The number of primary amides is 1. The molecule has 1 atom stereocenters. The number of fused-ring (bicyclic) bond motifs is 1. The Hall–Kier alpha value is -2.44. The number of hydrogen-bond acceptors (Lipinski definition) is 4. The first-order chi connectivity index (χ1) is 9.65. The Bertz CT molecular complexity index is 492. The number of ether oxygens (including phenoxy) is 2. The van der Waals surface area contributed by atoms with Gasteiger partial charge in [0.15, 0.2) is 11.5 Å². The molecule has 0 bridgehead atoms. The Morgan fingerprint density at radius 1 is 1.25 bits per heavy atom. The number of hydrogen-bond donors (Lipinski definition) is 3. The van der Waals surface area contributed by atoms with Gasteiger partial charge in [0.1, 0.15) is 12.7 Å². The lowest BCUT2D eigenvalue weighted by atomic mass is 10.2. The van der Waals surface area contributed by atoms with E-state index in [2.05, 4.69) is 10.6 Å². The molecule has 4 N–H and O–H groups in total. The first kappa shape index (κ1) is 14.0. The lowest BCUT2D eigenvalue weighted by Crippen LogP contribution is -2.41. The van der Waals surface area contributed by atoms with E-state index in [0.717, 1.165) is 5.75 Å². The zero-order valence-electron chi connectivity index (χ0n) is 10.9. The molecule has 0 unspecified atom stereocenters. The fourth-order valence-electron chi connectivity index (χ4n) is 1.81. The third-order valence-electron chi connectivity index (χ3n) is 2.78. The lowest BCUT2D eigenvalue weighted by molar-refractivity contribution is -0.120. The number of rotatable bonds is 5. The summed E-state index contributed by atoms with van der Waals surface area (Å²) < 4.78 is 11.3. The van der Waals surface area contributed by atoms with Gasteiger partial charge in [-0.05, 0) is 12.1 Å². The van der Waals surface area contributed by atoms with Crippen LogP contribution in [0.15, 0.2) is 24.3 Å². The van der Waals surface area contributed by atoms with Crippen molar-refractivity contribution in [3.05, 3.63) is 24.3 Å². The second-order valence-corrected chi connectivity index (χ2v) is 4.35. The van der Waals surface area contributed by atoms with E-state index < -0.39 is 6.03 Å². The highest BCUT2D eigenvalue weighted by atomic mass is 16.6. The van der Waals surface area contributed by atoms with E-state index in [1.807, 2.05) is 24.3 Å². The van der Waals surface area contributed by atoms with Gasteiger partial charge in [-0.3, -0.25) is 4.79 Å². The Morgan fingerprint density at radius 3 is 2.75 bits per heavy atom. The van der Waals surface area contributed by atoms with Gasteiger partial charge in [-0.1, -0.05) is 12.1 Å². The molecular weight excluding hydrogens is 262 g/mol. The molecule has 1 aliphatic rings. The van der Waals surface area contributed by atoms with E-state index >= 15 is 0 Å². The van der Waals surface area contributed by atoms with Crippen molar-refractivity contribution in [1.29, 1.82) is 0 Å². The molecule has 0 saturated heterocycles. The van der Waals surface area contributed by atoms with Crippen molar-refractivity contribution >= 4 is 11.9 Å². The molecule has 0 radical (unpaired) electrons. The highest BCUT2D eigenvalue weighted by Crippen LogP contribution is 2.31. The standard InChI is InChI=1S/C13H17N3O4/c14-13(18)16-7-12(17)15-6-5-9-8-19-10-3-1-2-4-11(10)20-9/h1-4,9H,5-8H2,(H,15,17)(H3,14,16,18)/t9-/m0/s1. The summed E-state index contributed by atoms with van der Waals surface area (Å²) in [4.78, 5) is 21.8. The quantitative estimate of drug-likeness (QED) is 0.706. The Balaban J connectivity index is 1.68. The molecule has 1 aliphatic heterocycles. The Morgan fingerprint density at radius 2 is 2.00 bits per heavy atom. The number of carbonyl (C=O) groups excluding carboxylic acids is 2. The molecule has 0 aliphatic carbocycles. The minimum absolute atomic E-state index is 0.103. The van der Waals surface area contributed by atoms with Crippen LogP contribution in [0.4, 0.5) is 4.79 Å². The van der Waals surface area contributed by atoms with Crippen molar-refractivity contribution in [1.82, 2.24) is 10.6 Å². The van der Waals surface area contributed by atoms with Gasteiger partial charge < -0.3 is 25.8 Å². The molecule has 3 amide bonds. The van der Waals surface area contributed by atoms with Crippen LogP contribution < -0.4 is 25.8 Å². The maximum atomic E-state index is 11.3. The van der Waals surface area contributed by atoms with Crippen LogP contribution >= 0.6 is 0 Å². The minimum atomic E-state index is -0.722. The van der Waals surface area contributed by atoms with Crippen molar-refractivity contribution < 1.29 is 19.1 Å². The zero-order valence-corrected chi connectivity index (χ0v) is 10.9. The second-order valence-electron chi connectivity index (χ2n) is 4.35. The van der Waals surface area contributed by atoms with Gasteiger partial charge >= 0.3 is 6.03 Å². The molecule has 0 fully saturated rings. The van der Waals surface area contributed by atoms with Crippen LogP contribution in [0.1, 0.15) is 6.42 Å². The topological polar surface area (TPSA) is 103 Å². The predicted octanol–water partition coefficient (Wildman–Crippen LogP) is 0.00100. The summed E-state index contributed by atoms with van der Waals surface area (Å²) in [6.45, 7) is 0.766. The lowest BCUT2D eigenvalue weighted by Gasteiger charge is -2.26. The third kappa shape index (κ3) is 4.04. The van der Waals surface area contributed by atoms with Gasteiger partial charge in [-0.25, -0.2) is 4.79 Å². The zero-order chi connectivity index (χ0) is 14.4. The van der Waals surface area contributed by atoms with E-state index in [0.29, 0.717) is 25.3 Å². The predicted molar refractivity (Wildman–Crippen MR) is 71.6 cm³/mol. The molecule has 20 heavy (non-hydrogen) atoms. The van der Waals surface area contributed by atoms with Crippen molar-refractivity contribution in [2.45, 2.75) is 12.5 Å². The fourth-order valence-corrected chi connectivity index (χ4v) is 1.81. The minimum Gasteiger partial charge on any atom is -0.486 e. The molecule has 0 saturated carbocycles. The number of para-hydroxylation sites is 2. The maximum absolute atomic E-state index is 11.3. The highest BCUT2D eigenvalue weighted by molar-refractivity contribution is 5.83. The molecule has 7 heteroatoms. The SMILES string of the molecule is NC(=O)NCC(=O)NCC[C@H]1COc2ccccc2O1. The largest absolute Gasteiger partial charge is 0.486 e. The van der Waals surface area contributed by atoms with Gasteiger partial charge in [-0.2, -0.15) is 0 Å². The van der Waals surface area contributed by atoms with Crippen molar-refractivity contribution in [2.24, 2.45) is 5.73 Å². The number of nitrogens with two attached hydrogens (primary N) is 1. The molecule has 0 spiro atoms. The van der Waals surface area contributed by atoms with Crippen molar-refractivity contribution in [3.8, 4) is 11.5 Å². The second kappa shape index (κ2) is 6.65. The summed E-state index contributed by atoms with van der Waals surface area (Å²) in [6, 6.07) is 6.73. The summed E-state index contributed by atoms with van der Waals surface area (Å²) in [6.07, 6.45) is 0.519. The van der Waals surface area contributed by atoms with Crippen LogP contribution in [-0.2, 0) is 4.79 Å². The van der Waals surface area contributed by atoms with Gasteiger partial charge in [0.25, 0.3) is 0 Å². The average molecular weight is 279 g/mol. The van der Waals surface area contributed by atoms with E-state index in [1.165, 1.54) is 0 Å². The normalized spacial score (nSPS) is 16.3. The number of benzene rings is 1. The van der Waals surface area contributed by atoms with Crippen molar-refractivity contribution in [2.75, 3.05) is 19.7 Å².